The van der Waals surface area contributed by atoms with Gasteiger partial charge >= 0.3 is 0 Å². The number of hydrogen-bond acceptors (Lipinski definition) is 1. The molecule has 0 amide bonds. The lowest BCUT2D eigenvalue weighted by molar-refractivity contribution is 0.331. The number of hydrogen-bond donors (Lipinski definition) is 1. The zero-order chi connectivity index (χ0) is 6.41. The first-order valence-electron chi connectivity index (χ1n) is 2.63. The highest BCUT2D eigenvalue weighted by Crippen LogP contribution is 1.95. The lowest BCUT2D eigenvalue weighted by Crippen LogP contribution is -1.82. The lowest BCUT2D eigenvalue weighted by Gasteiger charge is -1.90. The van der Waals surface area contributed by atoms with Crippen molar-refractivity contribution in [3.8, 4) is 0 Å². The van der Waals surface area contributed by atoms with Crippen LogP contribution in [0.4, 0.5) is 0 Å². The van der Waals surface area contributed by atoms with E-state index in [2.05, 4.69) is 28.7 Å². The van der Waals surface area contributed by atoms with Gasteiger partial charge in [0, 0.05) is 4.43 Å². The van der Waals surface area contributed by atoms with Gasteiger partial charge in [-0.25, -0.2) is 0 Å². The van der Waals surface area contributed by atoms with Crippen molar-refractivity contribution in [3.05, 3.63) is 11.6 Å². The topological polar surface area (TPSA) is 20.2 Å². The number of alkyl halides is 1. The molecule has 0 radical (unpaired) electrons. The highest BCUT2D eigenvalue weighted by molar-refractivity contribution is 14.1. The zero-order valence-electron chi connectivity index (χ0n) is 5.02. The molecule has 2 heteroatoms. The van der Waals surface area contributed by atoms with Crippen LogP contribution in [0.25, 0.3) is 0 Å². The van der Waals surface area contributed by atoms with Crippen LogP contribution in [0, 0.1) is 0 Å². The van der Waals surface area contributed by atoms with Gasteiger partial charge in [0.25, 0.3) is 0 Å². The van der Waals surface area contributed by atoms with Crippen molar-refractivity contribution in [1.82, 2.24) is 0 Å². The first-order valence-corrected chi connectivity index (χ1v) is 4.16. The number of aliphatic hydroxyl groups excluding tert-OH is 1. The Morgan fingerprint density at radius 2 is 2.38 bits per heavy atom. The third kappa shape index (κ3) is 4.59. The second kappa shape index (κ2) is 5.56. The van der Waals surface area contributed by atoms with E-state index in [1.54, 1.807) is 0 Å². The molecule has 0 bridgehead atoms. The predicted molar refractivity (Wildman–Crippen MR) is 44.3 cm³/mol. The van der Waals surface area contributed by atoms with Crippen LogP contribution in [0.15, 0.2) is 11.6 Å². The second-order valence-electron chi connectivity index (χ2n) is 1.69. The minimum atomic E-state index is 0.205. The fourth-order valence-electron chi connectivity index (χ4n) is 0.366. The third-order valence-electron chi connectivity index (χ3n) is 0.851. The monoisotopic (exact) mass is 226 g/mol. The van der Waals surface area contributed by atoms with Crippen LogP contribution in [-0.2, 0) is 0 Å². The molecule has 0 fully saturated rings. The molecule has 0 aromatic heterocycles. The van der Waals surface area contributed by atoms with Crippen molar-refractivity contribution in [2.45, 2.75) is 13.3 Å². The first kappa shape index (κ1) is 8.43. The number of rotatable bonds is 3. The van der Waals surface area contributed by atoms with Crippen molar-refractivity contribution in [3.63, 3.8) is 0 Å². The summed E-state index contributed by atoms with van der Waals surface area (Å²) in [7, 11) is 0. The zero-order valence-corrected chi connectivity index (χ0v) is 7.18. The maximum atomic E-state index is 8.49. The van der Waals surface area contributed by atoms with Crippen molar-refractivity contribution < 1.29 is 5.11 Å². The Bertz CT molecular complexity index is 78.6. The van der Waals surface area contributed by atoms with Gasteiger partial charge in [-0.15, -0.1) is 0 Å². The Labute approximate surface area is 63.9 Å². The van der Waals surface area contributed by atoms with Crippen LogP contribution in [0.2, 0.25) is 0 Å². The van der Waals surface area contributed by atoms with Crippen LogP contribution in [0.5, 0.6) is 0 Å². The summed E-state index contributed by atoms with van der Waals surface area (Å²) in [5, 5.41) is 8.49. The summed E-state index contributed by atoms with van der Waals surface area (Å²) < 4.78 is 1.13. The molecule has 0 saturated heterocycles. The molecular formula is C6H11IO. The van der Waals surface area contributed by atoms with Gasteiger partial charge in [0.15, 0.2) is 0 Å². The molecule has 0 aliphatic carbocycles. The van der Waals surface area contributed by atoms with Crippen molar-refractivity contribution in [2.75, 3.05) is 11.0 Å². The molecule has 48 valence electrons. The molecule has 0 rings (SSSR count). The highest BCUT2D eigenvalue weighted by atomic mass is 127. The summed E-state index contributed by atoms with van der Waals surface area (Å²) in [5.74, 6) is 0. The highest BCUT2D eigenvalue weighted by Gasteiger charge is 1.81. The summed E-state index contributed by atoms with van der Waals surface area (Å²) in [5.41, 5.74) is 1.07. The van der Waals surface area contributed by atoms with Crippen molar-refractivity contribution >= 4 is 22.6 Å². The van der Waals surface area contributed by atoms with E-state index in [4.69, 9.17) is 5.11 Å². The molecular weight excluding hydrogens is 215 g/mol. The molecule has 1 N–H and O–H groups in total. The molecule has 0 aromatic carbocycles. The predicted octanol–water partition coefficient (Wildman–Crippen LogP) is 1.75. The van der Waals surface area contributed by atoms with E-state index < -0.39 is 0 Å². The van der Waals surface area contributed by atoms with Gasteiger partial charge in [0.2, 0.25) is 0 Å². The molecule has 0 aromatic rings. The summed E-state index contributed by atoms with van der Waals surface area (Å²) in [4.78, 5) is 0. The van der Waals surface area contributed by atoms with E-state index in [1.807, 2.05) is 6.92 Å². The maximum absolute atomic E-state index is 8.49. The molecule has 0 atom stereocenters. The average molecular weight is 226 g/mol. The Morgan fingerprint density at radius 1 is 1.75 bits per heavy atom. The third-order valence-corrected chi connectivity index (χ3v) is 1.47. The summed E-state index contributed by atoms with van der Waals surface area (Å²) in [6.45, 7) is 2.14. The van der Waals surface area contributed by atoms with Crippen molar-refractivity contribution in [2.24, 2.45) is 0 Å². The van der Waals surface area contributed by atoms with Gasteiger partial charge in [0.05, 0.1) is 6.61 Å². The van der Waals surface area contributed by atoms with E-state index in [1.165, 1.54) is 0 Å². The minimum absolute atomic E-state index is 0.205. The van der Waals surface area contributed by atoms with E-state index in [9.17, 15) is 0 Å². The molecule has 1 nitrogen and oxygen atoms in total. The Morgan fingerprint density at radius 3 is 2.75 bits per heavy atom. The summed E-state index contributed by atoms with van der Waals surface area (Å²) >= 11 is 2.31. The van der Waals surface area contributed by atoms with Gasteiger partial charge in [-0.3, -0.25) is 0 Å². The van der Waals surface area contributed by atoms with Crippen LogP contribution in [-0.4, -0.2) is 16.1 Å². The van der Waals surface area contributed by atoms with E-state index in [-0.39, 0.29) is 6.61 Å². The maximum Gasteiger partial charge on any atom is 0.0639 e. The quantitative estimate of drug-likeness (QED) is 0.441. The normalized spacial score (nSPS) is 12.1. The number of allylic oxidation sites excluding steroid dienone is 1. The van der Waals surface area contributed by atoms with E-state index in [0.29, 0.717) is 0 Å². The summed E-state index contributed by atoms with van der Waals surface area (Å²) in [6.07, 6.45) is 3.14. The van der Waals surface area contributed by atoms with E-state index in [0.717, 1.165) is 16.4 Å². The standard InChI is InChI=1S/C6H11IO/c1-6(5-8)3-2-4-7/h3,8H,2,4-5H2,1H3/b6-3+. The van der Waals surface area contributed by atoms with Gasteiger partial charge in [-0.05, 0) is 13.3 Å². The first-order chi connectivity index (χ1) is 3.81. The Kier molecular flexibility index (Phi) is 5.86. The van der Waals surface area contributed by atoms with Gasteiger partial charge in [-0.1, -0.05) is 34.2 Å². The Hall–Kier alpha value is 0.430. The Balaban J connectivity index is 3.26. The van der Waals surface area contributed by atoms with Gasteiger partial charge < -0.3 is 5.11 Å². The van der Waals surface area contributed by atoms with Crippen molar-refractivity contribution in [1.29, 1.82) is 0 Å². The van der Waals surface area contributed by atoms with Crippen LogP contribution in [0.1, 0.15) is 13.3 Å². The fraction of sp³-hybridized carbons (Fsp3) is 0.667. The molecule has 0 heterocycles. The fourth-order valence-corrected chi connectivity index (χ4v) is 0.677. The molecule has 0 aliphatic rings. The number of aliphatic hydroxyl groups is 1. The average Bonchev–Trinajstić information content (AvgIpc) is 1.83. The molecule has 8 heavy (non-hydrogen) atoms. The molecule has 0 spiro atoms. The molecule has 0 aliphatic heterocycles. The second-order valence-corrected chi connectivity index (χ2v) is 2.76. The van der Waals surface area contributed by atoms with Crippen LogP contribution < -0.4 is 0 Å². The van der Waals surface area contributed by atoms with Crippen LogP contribution >= 0.6 is 22.6 Å². The number of halogens is 1. The molecule has 0 saturated carbocycles. The lowest BCUT2D eigenvalue weighted by atomic mass is 10.3. The largest absolute Gasteiger partial charge is 0.392 e. The smallest absolute Gasteiger partial charge is 0.0639 e. The minimum Gasteiger partial charge on any atom is -0.392 e. The summed E-state index contributed by atoms with van der Waals surface area (Å²) in [6, 6.07) is 0. The molecule has 0 unspecified atom stereocenters. The van der Waals surface area contributed by atoms with E-state index >= 15 is 0 Å². The van der Waals surface area contributed by atoms with Crippen LogP contribution in [0.3, 0.4) is 0 Å². The van der Waals surface area contributed by atoms with Gasteiger partial charge in [-0.2, -0.15) is 0 Å². The SMILES string of the molecule is C/C(=C\CCI)CO. The van der Waals surface area contributed by atoms with Gasteiger partial charge in [0.1, 0.15) is 0 Å².